The zero-order valence-electron chi connectivity index (χ0n) is 5.73. The highest BCUT2D eigenvalue weighted by atomic mass is 15.2. The van der Waals surface area contributed by atoms with E-state index < -0.39 is 0 Å². The smallest absolute Gasteiger partial charge is 0.157 e. The summed E-state index contributed by atoms with van der Waals surface area (Å²) in [4.78, 5) is 0. The molecular formula is C5H8N6. The first-order chi connectivity index (χ1) is 5.25. The van der Waals surface area contributed by atoms with Crippen LogP contribution in [-0.4, -0.2) is 16.0 Å². The van der Waals surface area contributed by atoms with Crippen molar-refractivity contribution in [3.05, 3.63) is 17.8 Å². The lowest BCUT2D eigenvalue weighted by Crippen LogP contribution is -2.18. The van der Waals surface area contributed by atoms with E-state index in [0.29, 0.717) is 5.56 Å². The van der Waals surface area contributed by atoms with Gasteiger partial charge in [0.1, 0.15) is 0 Å². The van der Waals surface area contributed by atoms with Crippen LogP contribution >= 0.6 is 0 Å². The number of hydrogen-bond acceptors (Lipinski definition) is 5. The first kappa shape index (κ1) is 7.26. The number of anilines is 1. The van der Waals surface area contributed by atoms with Gasteiger partial charge in [-0.15, -0.1) is 5.10 Å². The fourth-order valence-corrected chi connectivity index (χ4v) is 0.629. The van der Waals surface area contributed by atoms with Crippen molar-refractivity contribution in [2.75, 3.05) is 5.73 Å². The Bertz CT molecular complexity index is 280. The van der Waals surface area contributed by atoms with Crippen LogP contribution in [0, 0.1) is 0 Å². The van der Waals surface area contributed by atoms with E-state index >= 15 is 0 Å². The Labute approximate surface area is 63.1 Å². The number of nitrogens with two attached hydrogens (primary N) is 3. The van der Waals surface area contributed by atoms with Crippen LogP contribution in [0.1, 0.15) is 5.56 Å². The summed E-state index contributed by atoms with van der Waals surface area (Å²) in [7, 11) is 0. The Morgan fingerprint density at radius 2 is 2.27 bits per heavy atom. The van der Waals surface area contributed by atoms with Gasteiger partial charge in [0.05, 0.1) is 11.8 Å². The van der Waals surface area contributed by atoms with Crippen molar-refractivity contribution < 1.29 is 0 Å². The largest absolute Gasteiger partial charge is 0.382 e. The van der Waals surface area contributed by atoms with Crippen LogP contribution in [0.3, 0.4) is 0 Å². The van der Waals surface area contributed by atoms with Gasteiger partial charge in [0.15, 0.2) is 11.7 Å². The summed E-state index contributed by atoms with van der Waals surface area (Å²) < 4.78 is 0. The normalized spacial score (nSPS) is 11.5. The van der Waals surface area contributed by atoms with Gasteiger partial charge in [-0.25, -0.2) is 0 Å². The molecule has 0 spiro atoms. The molecule has 0 aliphatic carbocycles. The van der Waals surface area contributed by atoms with Crippen LogP contribution < -0.4 is 17.3 Å². The number of amidine groups is 1. The molecular weight excluding hydrogens is 144 g/mol. The summed E-state index contributed by atoms with van der Waals surface area (Å²) in [6.45, 7) is 0. The van der Waals surface area contributed by atoms with E-state index in [-0.39, 0.29) is 11.7 Å². The third kappa shape index (κ3) is 1.34. The second kappa shape index (κ2) is 2.82. The quantitative estimate of drug-likeness (QED) is 0.199. The molecule has 0 aliphatic heterocycles. The average molecular weight is 152 g/mol. The van der Waals surface area contributed by atoms with Crippen molar-refractivity contribution in [2.24, 2.45) is 16.7 Å². The Balaban J connectivity index is 3.14. The van der Waals surface area contributed by atoms with E-state index in [0.717, 1.165) is 0 Å². The molecule has 0 fully saturated rings. The maximum atomic E-state index is 5.41. The van der Waals surface area contributed by atoms with Gasteiger partial charge in [-0.2, -0.15) is 10.2 Å². The third-order valence-corrected chi connectivity index (χ3v) is 1.16. The van der Waals surface area contributed by atoms with Crippen LogP contribution in [0.5, 0.6) is 0 Å². The molecule has 0 bridgehead atoms. The van der Waals surface area contributed by atoms with E-state index in [1.165, 1.54) is 6.20 Å². The van der Waals surface area contributed by atoms with Gasteiger partial charge >= 0.3 is 0 Å². The molecule has 0 radical (unpaired) electrons. The predicted octanol–water partition coefficient (Wildman–Crippen LogP) is -1.36. The molecule has 6 N–H and O–H groups in total. The summed E-state index contributed by atoms with van der Waals surface area (Å²) in [6, 6.07) is 1.59. The molecule has 1 aromatic heterocycles. The first-order valence-electron chi connectivity index (χ1n) is 2.86. The fraction of sp³-hybridized carbons (Fsp3) is 0. The summed E-state index contributed by atoms with van der Waals surface area (Å²) in [5, 5.41) is 10.4. The second-order valence-electron chi connectivity index (χ2n) is 1.84. The van der Waals surface area contributed by atoms with Crippen molar-refractivity contribution in [1.29, 1.82) is 0 Å². The van der Waals surface area contributed by atoms with E-state index in [9.17, 15) is 0 Å². The standard InChI is InChI=1S/C5H8N6/c6-4(10-8)3-1-2-9-11-5(3)7/h1-2H,8H2,(H2,6,10)(H2,7,11). The Kier molecular flexibility index (Phi) is 1.86. The molecule has 0 atom stereocenters. The predicted molar refractivity (Wildman–Crippen MR) is 41.4 cm³/mol. The zero-order chi connectivity index (χ0) is 8.27. The van der Waals surface area contributed by atoms with Crippen LogP contribution in [0.2, 0.25) is 0 Å². The van der Waals surface area contributed by atoms with E-state index in [1.54, 1.807) is 6.07 Å². The Hall–Kier alpha value is -1.85. The highest BCUT2D eigenvalue weighted by molar-refractivity contribution is 6.00. The summed E-state index contributed by atoms with van der Waals surface area (Å²) in [6.07, 6.45) is 1.46. The molecule has 0 aromatic carbocycles. The molecule has 0 aliphatic rings. The minimum atomic E-state index is 0.150. The average Bonchev–Trinajstić information content (AvgIpc) is 2.04. The highest BCUT2D eigenvalue weighted by Crippen LogP contribution is 2.03. The molecule has 1 aromatic rings. The highest BCUT2D eigenvalue weighted by Gasteiger charge is 2.02. The SMILES string of the molecule is N/N=C(\N)c1ccnnc1N. The van der Waals surface area contributed by atoms with Gasteiger partial charge in [-0.3, -0.25) is 0 Å². The molecule has 0 saturated heterocycles. The summed E-state index contributed by atoms with van der Waals surface area (Å²) in [5.74, 6) is 5.30. The number of rotatable bonds is 1. The molecule has 1 heterocycles. The number of nitrogen functional groups attached to an aromatic ring is 1. The third-order valence-electron chi connectivity index (χ3n) is 1.16. The van der Waals surface area contributed by atoms with Crippen molar-refractivity contribution in [3.8, 4) is 0 Å². The van der Waals surface area contributed by atoms with Gasteiger partial charge in [-0.1, -0.05) is 0 Å². The number of aromatic nitrogens is 2. The topological polar surface area (TPSA) is 116 Å². The lowest BCUT2D eigenvalue weighted by atomic mass is 10.2. The first-order valence-corrected chi connectivity index (χ1v) is 2.86. The molecule has 11 heavy (non-hydrogen) atoms. The van der Waals surface area contributed by atoms with Crippen LogP contribution in [-0.2, 0) is 0 Å². The lowest BCUT2D eigenvalue weighted by molar-refractivity contribution is 1.04. The number of nitrogens with zero attached hydrogens (tertiary/aromatic N) is 3. The monoisotopic (exact) mass is 152 g/mol. The number of hydrogen-bond donors (Lipinski definition) is 3. The van der Waals surface area contributed by atoms with Gasteiger partial charge in [0, 0.05) is 0 Å². The van der Waals surface area contributed by atoms with Gasteiger partial charge in [0.25, 0.3) is 0 Å². The lowest BCUT2D eigenvalue weighted by Gasteiger charge is -1.99. The van der Waals surface area contributed by atoms with E-state index in [4.69, 9.17) is 17.3 Å². The van der Waals surface area contributed by atoms with E-state index in [1.807, 2.05) is 0 Å². The molecule has 0 unspecified atom stereocenters. The van der Waals surface area contributed by atoms with Gasteiger partial charge in [-0.05, 0) is 6.07 Å². The zero-order valence-corrected chi connectivity index (χ0v) is 5.73. The Morgan fingerprint density at radius 3 is 2.82 bits per heavy atom. The van der Waals surface area contributed by atoms with Crippen molar-refractivity contribution in [2.45, 2.75) is 0 Å². The Morgan fingerprint density at radius 1 is 1.55 bits per heavy atom. The van der Waals surface area contributed by atoms with Crippen LogP contribution in [0.25, 0.3) is 0 Å². The summed E-state index contributed by atoms with van der Waals surface area (Å²) >= 11 is 0. The second-order valence-corrected chi connectivity index (χ2v) is 1.84. The van der Waals surface area contributed by atoms with Crippen molar-refractivity contribution in [3.63, 3.8) is 0 Å². The van der Waals surface area contributed by atoms with Crippen molar-refractivity contribution >= 4 is 11.7 Å². The maximum Gasteiger partial charge on any atom is 0.157 e. The minimum absolute atomic E-state index is 0.150. The minimum Gasteiger partial charge on any atom is -0.382 e. The maximum absolute atomic E-state index is 5.41. The van der Waals surface area contributed by atoms with E-state index in [2.05, 4.69) is 15.3 Å². The van der Waals surface area contributed by atoms with Crippen molar-refractivity contribution in [1.82, 2.24) is 10.2 Å². The fourth-order valence-electron chi connectivity index (χ4n) is 0.629. The molecule has 1 rings (SSSR count). The van der Waals surface area contributed by atoms with Crippen LogP contribution in [0.15, 0.2) is 17.4 Å². The van der Waals surface area contributed by atoms with Gasteiger partial charge < -0.3 is 17.3 Å². The van der Waals surface area contributed by atoms with Gasteiger partial charge in [0.2, 0.25) is 0 Å². The molecule has 6 nitrogen and oxygen atoms in total. The molecule has 58 valence electrons. The van der Waals surface area contributed by atoms with Crippen LogP contribution in [0.4, 0.5) is 5.82 Å². The molecule has 0 saturated carbocycles. The molecule has 6 heteroatoms. The molecule has 0 amide bonds. The number of hydrazone groups is 1. The summed E-state index contributed by atoms with van der Waals surface area (Å²) in [5.41, 5.74) is 11.3.